The van der Waals surface area contributed by atoms with E-state index in [0.717, 1.165) is 41.0 Å². The summed E-state index contributed by atoms with van der Waals surface area (Å²) in [5.41, 5.74) is 4.21. The summed E-state index contributed by atoms with van der Waals surface area (Å²) in [6.45, 7) is 11.8. The quantitative estimate of drug-likeness (QED) is 0.688. The van der Waals surface area contributed by atoms with Crippen LogP contribution in [0.1, 0.15) is 47.1 Å². The lowest BCUT2D eigenvalue weighted by atomic mass is 10.1. The van der Waals surface area contributed by atoms with E-state index in [0.29, 0.717) is 12.5 Å². The van der Waals surface area contributed by atoms with Crippen LogP contribution in [0.4, 0.5) is 5.69 Å². The summed E-state index contributed by atoms with van der Waals surface area (Å²) in [4.78, 5) is 9.36. The fraction of sp³-hybridized carbons (Fsp3) is 0.500. The Labute approximate surface area is 171 Å². The van der Waals surface area contributed by atoms with Crippen LogP contribution in [0.25, 0.3) is 22.3 Å². The van der Waals surface area contributed by atoms with Crippen molar-refractivity contribution in [3.63, 3.8) is 0 Å². The van der Waals surface area contributed by atoms with Crippen molar-refractivity contribution in [3.8, 4) is 17.1 Å². The first kappa shape index (κ1) is 19.6. The number of hydrogen-bond donors (Lipinski definition) is 1. The lowest BCUT2D eigenvalue weighted by Gasteiger charge is -2.22. The molecule has 0 bridgehead atoms. The Morgan fingerprint density at radius 2 is 2.14 bits per heavy atom. The van der Waals surface area contributed by atoms with Gasteiger partial charge in [0.25, 0.3) is 0 Å². The third kappa shape index (κ3) is 4.19. The van der Waals surface area contributed by atoms with Gasteiger partial charge in [-0.15, -0.1) is 0 Å². The summed E-state index contributed by atoms with van der Waals surface area (Å²) >= 11 is 0. The molecule has 0 aromatic carbocycles. The molecule has 0 spiro atoms. The van der Waals surface area contributed by atoms with Crippen molar-refractivity contribution in [2.45, 2.75) is 58.7 Å². The molecule has 1 N–H and O–H groups in total. The van der Waals surface area contributed by atoms with Crippen molar-refractivity contribution in [2.75, 3.05) is 18.5 Å². The first-order valence-corrected chi connectivity index (χ1v) is 10.2. The number of nitrogens with zero attached hydrogens (tertiary/aromatic N) is 4. The van der Waals surface area contributed by atoms with Gasteiger partial charge < -0.3 is 14.8 Å². The van der Waals surface area contributed by atoms with E-state index in [2.05, 4.69) is 35.3 Å². The molecule has 4 heterocycles. The molecule has 1 aliphatic heterocycles. The molecule has 154 valence electrons. The maximum Gasteiger partial charge on any atom is 0.223 e. The zero-order chi connectivity index (χ0) is 20.6. The SMILES string of the molecule is CC(C)n1ncc2nc(-c3cccnc3OC(C)(C)C)cc(N[C@@H]3CCOC3)c21. The van der Waals surface area contributed by atoms with Crippen LogP contribution in [0.15, 0.2) is 30.6 Å². The zero-order valence-electron chi connectivity index (χ0n) is 17.8. The number of rotatable bonds is 5. The second-order valence-electron chi connectivity index (χ2n) is 8.75. The molecule has 1 aliphatic rings. The average molecular weight is 396 g/mol. The Morgan fingerprint density at radius 3 is 2.83 bits per heavy atom. The highest BCUT2D eigenvalue weighted by molar-refractivity contribution is 5.91. The molecule has 0 aliphatic carbocycles. The third-order valence-electron chi connectivity index (χ3n) is 4.78. The largest absolute Gasteiger partial charge is 0.471 e. The van der Waals surface area contributed by atoms with E-state index in [1.165, 1.54) is 0 Å². The van der Waals surface area contributed by atoms with Crippen LogP contribution in [0, 0.1) is 0 Å². The van der Waals surface area contributed by atoms with Crippen molar-refractivity contribution < 1.29 is 9.47 Å². The van der Waals surface area contributed by atoms with Gasteiger partial charge in [0.1, 0.15) is 16.6 Å². The Kier molecular flexibility index (Phi) is 5.17. The lowest BCUT2D eigenvalue weighted by molar-refractivity contribution is 0.125. The number of anilines is 1. The van der Waals surface area contributed by atoms with Gasteiger partial charge in [0.15, 0.2) is 0 Å². The maximum absolute atomic E-state index is 6.10. The monoisotopic (exact) mass is 395 g/mol. The van der Waals surface area contributed by atoms with Crippen molar-refractivity contribution in [3.05, 3.63) is 30.6 Å². The Hall–Kier alpha value is -2.67. The van der Waals surface area contributed by atoms with Crippen LogP contribution in [0.3, 0.4) is 0 Å². The van der Waals surface area contributed by atoms with E-state index < -0.39 is 0 Å². The minimum Gasteiger partial charge on any atom is -0.471 e. The first-order valence-electron chi connectivity index (χ1n) is 10.2. The highest BCUT2D eigenvalue weighted by Gasteiger charge is 2.22. The number of pyridine rings is 2. The molecular weight excluding hydrogens is 366 g/mol. The first-order chi connectivity index (χ1) is 13.8. The highest BCUT2D eigenvalue weighted by atomic mass is 16.5. The summed E-state index contributed by atoms with van der Waals surface area (Å²) < 4.78 is 13.7. The van der Waals surface area contributed by atoms with Gasteiger partial charge in [0.05, 0.1) is 35.8 Å². The summed E-state index contributed by atoms with van der Waals surface area (Å²) in [5.74, 6) is 0.582. The number of aromatic nitrogens is 4. The topological polar surface area (TPSA) is 74.1 Å². The molecule has 29 heavy (non-hydrogen) atoms. The third-order valence-corrected chi connectivity index (χ3v) is 4.78. The molecule has 7 heteroatoms. The Morgan fingerprint density at radius 1 is 1.31 bits per heavy atom. The van der Waals surface area contributed by atoms with E-state index in [9.17, 15) is 0 Å². The summed E-state index contributed by atoms with van der Waals surface area (Å²) in [5, 5.41) is 8.24. The average Bonchev–Trinajstić information content (AvgIpc) is 3.30. The van der Waals surface area contributed by atoms with Crippen molar-refractivity contribution in [1.82, 2.24) is 19.7 Å². The number of ether oxygens (including phenoxy) is 2. The van der Waals surface area contributed by atoms with Crippen LogP contribution in [-0.2, 0) is 4.74 Å². The second-order valence-corrected chi connectivity index (χ2v) is 8.75. The van der Waals surface area contributed by atoms with Gasteiger partial charge >= 0.3 is 0 Å². The fourth-order valence-corrected chi connectivity index (χ4v) is 3.53. The number of nitrogens with one attached hydrogen (secondary N) is 1. The molecule has 0 radical (unpaired) electrons. The molecule has 0 unspecified atom stereocenters. The van der Waals surface area contributed by atoms with Crippen LogP contribution in [-0.4, -0.2) is 44.6 Å². The van der Waals surface area contributed by atoms with Gasteiger partial charge in [-0.05, 0) is 59.2 Å². The number of fused-ring (bicyclic) bond motifs is 1. The van der Waals surface area contributed by atoms with Crippen LogP contribution in [0.2, 0.25) is 0 Å². The molecule has 0 saturated carbocycles. The van der Waals surface area contributed by atoms with Crippen LogP contribution >= 0.6 is 0 Å². The van der Waals surface area contributed by atoms with Gasteiger partial charge in [-0.3, -0.25) is 4.68 Å². The van der Waals surface area contributed by atoms with Gasteiger partial charge in [-0.2, -0.15) is 5.10 Å². The van der Waals surface area contributed by atoms with E-state index in [-0.39, 0.29) is 17.7 Å². The minimum atomic E-state index is -0.349. The molecular formula is C22H29N5O2. The Balaban J connectivity index is 1.84. The van der Waals surface area contributed by atoms with Gasteiger partial charge in [-0.25, -0.2) is 9.97 Å². The molecule has 1 atom stereocenters. The molecule has 1 saturated heterocycles. The second kappa shape index (κ2) is 7.63. The van der Waals surface area contributed by atoms with Crippen molar-refractivity contribution in [1.29, 1.82) is 0 Å². The van der Waals surface area contributed by atoms with E-state index >= 15 is 0 Å². The van der Waals surface area contributed by atoms with Crippen molar-refractivity contribution >= 4 is 16.7 Å². The summed E-state index contributed by atoms with van der Waals surface area (Å²) in [6, 6.07) is 6.50. The number of hydrogen-bond acceptors (Lipinski definition) is 6. The molecule has 7 nitrogen and oxygen atoms in total. The van der Waals surface area contributed by atoms with E-state index in [1.54, 1.807) is 6.20 Å². The van der Waals surface area contributed by atoms with E-state index in [1.807, 2.05) is 43.8 Å². The minimum absolute atomic E-state index is 0.235. The fourth-order valence-electron chi connectivity index (χ4n) is 3.53. The van der Waals surface area contributed by atoms with Crippen LogP contribution in [0.5, 0.6) is 5.88 Å². The predicted octanol–water partition coefficient (Wildman–Crippen LogP) is 4.45. The lowest BCUT2D eigenvalue weighted by Crippen LogP contribution is -2.24. The molecule has 4 rings (SSSR count). The summed E-state index contributed by atoms with van der Waals surface area (Å²) in [7, 11) is 0. The standard InChI is InChI=1S/C22H29N5O2/c1-14(2)27-20-18(25-15-8-10-28-13-15)11-17(26-19(20)12-24-27)16-7-6-9-23-21(16)29-22(3,4)5/h6-7,9,11-12,14-15H,8,10,13H2,1-5H3,(H,25,26)/t15-/m1/s1. The zero-order valence-corrected chi connectivity index (χ0v) is 17.8. The Bertz CT molecular complexity index is 1000. The molecule has 3 aromatic rings. The molecule has 0 amide bonds. The van der Waals surface area contributed by atoms with E-state index in [4.69, 9.17) is 14.5 Å². The predicted molar refractivity (Wildman–Crippen MR) is 114 cm³/mol. The normalized spacial score (nSPS) is 17.2. The van der Waals surface area contributed by atoms with Gasteiger partial charge in [0, 0.05) is 18.8 Å². The van der Waals surface area contributed by atoms with Gasteiger partial charge in [0.2, 0.25) is 5.88 Å². The maximum atomic E-state index is 6.10. The van der Waals surface area contributed by atoms with Gasteiger partial charge in [-0.1, -0.05) is 0 Å². The summed E-state index contributed by atoms with van der Waals surface area (Å²) in [6.07, 6.45) is 4.56. The smallest absolute Gasteiger partial charge is 0.223 e. The molecule has 3 aromatic heterocycles. The molecule has 1 fully saturated rings. The van der Waals surface area contributed by atoms with Crippen LogP contribution < -0.4 is 10.1 Å². The highest BCUT2D eigenvalue weighted by Crippen LogP contribution is 2.35. The van der Waals surface area contributed by atoms with Crippen molar-refractivity contribution in [2.24, 2.45) is 0 Å².